The average Bonchev–Trinajstić information content (AvgIpc) is 2.74. The van der Waals surface area contributed by atoms with E-state index in [9.17, 15) is 9.59 Å². The lowest BCUT2D eigenvalue weighted by atomic mass is 10.1. The van der Waals surface area contributed by atoms with E-state index in [1.807, 2.05) is 0 Å². The van der Waals surface area contributed by atoms with Crippen molar-refractivity contribution < 1.29 is 19.4 Å². The van der Waals surface area contributed by atoms with Crippen LogP contribution in [0.2, 0.25) is 0 Å². The van der Waals surface area contributed by atoms with E-state index in [1.165, 1.54) is 19.3 Å². The average molecular weight is 420 g/mol. The SMILES string of the molecule is CCCC/C=C/C/C=C/C/C=C/C/C=C/CCCCC(=O)N[C@@H](CO)C(=O)OCC. The van der Waals surface area contributed by atoms with Gasteiger partial charge in [-0.1, -0.05) is 68.4 Å². The lowest BCUT2D eigenvalue weighted by molar-refractivity contribution is -0.148. The molecule has 0 aromatic carbocycles. The van der Waals surface area contributed by atoms with Crippen molar-refractivity contribution in [3.8, 4) is 0 Å². The molecule has 5 nitrogen and oxygen atoms in total. The van der Waals surface area contributed by atoms with Crippen molar-refractivity contribution in [1.29, 1.82) is 0 Å². The van der Waals surface area contributed by atoms with Crippen LogP contribution in [0.1, 0.15) is 78.1 Å². The Balaban J connectivity index is 3.68. The van der Waals surface area contributed by atoms with Gasteiger partial charge in [0.15, 0.2) is 6.04 Å². The number of carbonyl (C=O) groups excluding carboxylic acids is 2. The molecule has 1 atom stereocenters. The number of rotatable bonds is 18. The van der Waals surface area contributed by atoms with Crippen molar-refractivity contribution in [2.45, 2.75) is 84.1 Å². The first kappa shape index (κ1) is 27.9. The summed E-state index contributed by atoms with van der Waals surface area (Å²) >= 11 is 0. The van der Waals surface area contributed by atoms with Gasteiger partial charge in [-0.2, -0.15) is 0 Å². The fourth-order valence-electron chi connectivity index (χ4n) is 2.61. The fraction of sp³-hybridized carbons (Fsp3) is 0.600. The summed E-state index contributed by atoms with van der Waals surface area (Å²) in [4.78, 5) is 23.3. The van der Waals surface area contributed by atoms with Crippen molar-refractivity contribution in [3.05, 3.63) is 48.6 Å². The van der Waals surface area contributed by atoms with Gasteiger partial charge in [0.05, 0.1) is 13.2 Å². The van der Waals surface area contributed by atoms with Gasteiger partial charge in [-0.3, -0.25) is 4.79 Å². The van der Waals surface area contributed by atoms with Crippen LogP contribution in [0.3, 0.4) is 0 Å². The molecule has 0 aliphatic carbocycles. The molecule has 2 N–H and O–H groups in total. The number of esters is 1. The van der Waals surface area contributed by atoms with Crippen molar-refractivity contribution in [2.75, 3.05) is 13.2 Å². The number of carbonyl (C=O) groups is 2. The Bertz CT molecular complexity index is 549. The first-order chi connectivity index (χ1) is 14.7. The highest BCUT2D eigenvalue weighted by atomic mass is 16.5. The topological polar surface area (TPSA) is 75.6 Å². The largest absolute Gasteiger partial charge is 0.464 e. The molecular weight excluding hydrogens is 378 g/mol. The molecule has 0 rings (SSSR count). The molecule has 0 fully saturated rings. The van der Waals surface area contributed by atoms with Gasteiger partial charge in [0.1, 0.15) is 0 Å². The van der Waals surface area contributed by atoms with Crippen LogP contribution in [-0.4, -0.2) is 36.2 Å². The summed E-state index contributed by atoms with van der Waals surface area (Å²) in [5, 5.41) is 11.7. The maximum Gasteiger partial charge on any atom is 0.331 e. The second kappa shape index (κ2) is 21.6. The summed E-state index contributed by atoms with van der Waals surface area (Å²) in [7, 11) is 0. The van der Waals surface area contributed by atoms with Gasteiger partial charge in [0.25, 0.3) is 0 Å². The van der Waals surface area contributed by atoms with Crippen LogP contribution < -0.4 is 5.32 Å². The molecule has 0 saturated carbocycles. The molecule has 0 bridgehead atoms. The molecule has 0 unspecified atom stereocenters. The smallest absolute Gasteiger partial charge is 0.331 e. The molecule has 30 heavy (non-hydrogen) atoms. The molecular formula is C25H41NO4. The van der Waals surface area contributed by atoms with E-state index in [2.05, 4.69) is 60.8 Å². The minimum Gasteiger partial charge on any atom is -0.464 e. The standard InChI is InChI=1S/C25H41NO4/c1-3-5-6-7-8-9-10-11-12-13-14-15-16-17-18-19-20-21-24(28)26-23(22-27)25(29)30-4-2/h7-8,10-11,13-14,16-17,23,27H,3-6,9,12,15,18-22H2,1-2H3,(H,26,28)/b8-7+,11-10+,14-13+,17-16+/t23-/m0/s1. The Morgan fingerprint density at radius 3 is 1.87 bits per heavy atom. The minimum atomic E-state index is -0.971. The number of ether oxygens (including phenoxy) is 1. The van der Waals surface area contributed by atoms with E-state index in [0.717, 1.165) is 38.5 Å². The molecule has 0 aromatic rings. The van der Waals surface area contributed by atoms with Crippen molar-refractivity contribution in [3.63, 3.8) is 0 Å². The number of hydrogen-bond acceptors (Lipinski definition) is 4. The Morgan fingerprint density at radius 2 is 1.37 bits per heavy atom. The van der Waals surface area contributed by atoms with E-state index in [4.69, 9.17) is 9.84 Å². The summed E-state index contributed by atoms with van der Waals surface area (Å²) in [5.74, 6) is -0.836. The lowest BCUT2D eigenvalue weighted by Gasteiger charge is -2.14. The van der Waals surface area contributed by atoms with Gasteiger partial charge >= 0.3 is 5.97 Å². The van der Waals surface area contributed by atoms with Gasteiger partial charge in [0, 0.05) is 6.42 Å². The molecule has 0 aliphatic heterocycles. The number of unbranched alkanes of at least 4 members (excludes halogenated alkanes) is 4. The highest BCUT2D eigenvalue weighted by molar-refractivity contribution is 5.84. The molecule has 0 saturated heterocycles. The third kappa shape index (κ3) is 17.9. The normalized spacial score (nSPS) is 13.0. The maximum atomic E-state index is 11.8. The second-order valence-electron chi connectivity index (χ2n) is 7.04. The summed E-state index contributed by atoms with van der Waals surface area (Å²) < 4.78 is 4.80. The van der Waals surface area contributed by atoms with E-state index in [-0.39, 0.29) is 12.5 Å². The number of nitrogens with one attached hydrogen (secondary N) is 1. The van der Waals surface area contributed by atoms with Crippen LogP contribution in [0.4, 0.5) is 0 Å². The zero-order valence-electron chi connectivity index (χ0n) is 18.9. The van der Waals surface area contributed by atoms with Gasteiger partial charge in [0.2, 0.25) is 5.91 Å². The minimum absolute atomic E-state index is 0.222. The molecule has 170 valence electrons. The predicted molar refractivity (Wildman–Crippen MR) is 124 cm³/mol. The van der Waals surface area contributed by atoms with E-state index in [0.29, 0.717) is 6.42 Å². The number of aliphatic hydroxyl groups is 1. The Hall–Kier alpha value is -2.14. The van der Waals surface area contributed by atoms with Crippen molar-refractivity contribution in [2.24, 2.45) is 0 Å². The molecule has 0 heterocycles. The summed E-state index contributed by atoms with van der Waals surface area (Å²) in [6.07, 6.45) is 27.0. The molecule has 1 amide bonds. The Kier molecular flexibility index (Phi) is 20.0. The summed E-state index contributed by atoms with van der Waals surface area (Å²) in [5.41, 5.74) is 0. The Labute approximate surface area is 183 Å². The number of hydrogen-bond donors (Lipinski definition) is 2. The fourth-order valence-corrected chi connectivity index (χ4v) is 2.61. The zero-order chi connectivity index (χ0) is 22.3. The lowest BCUT2D eigenvalue weighted by Crippen LogP contribution is -2.44. The van der Waals surface area contributed by atoms with Crippen LogP contribution >= 0.6 is 0 Å². The van der Waals surface area contributed by atoms with Crippen molar-refractivity contribution >= 4 is 11.9 Å². The van der Waals surface area contributed by atoms with Gasteiger partial charge < -0.3 is 15.2 Å². The van der Waals surface area contributed by atoms with E-state index < -0.39 is 18.6 Å². The van der Waals surface area contributed by atoms with Crippen molar-refractivity contribution in [1.82, 2.24) is 5.32 Å². The van der Waals surface area contributed by atoms with Gasteiger partial charge in [-0.05, 0) is 51.9 Å². The number of amides is 1. The predicted octanol–water partition coefficient (Wildman–Crippen LogP) is 5.17. The maximum absolute atomic E-state index is 11.8. The summed E-state index contributed by atoms with van der Waals surface area (Å²) in [6.45, 7) is 3.67. The third-order valence-electron chi connectivity index (χ3n) is 4.32. The van der Waals surface area contributed by atoms with E-state index >= 15 is 0 Å². The number of allylic oxidation sites excluding steroid dienone is 8. The second-order valence-corrected chi connectivity index (χ2v) is 7.04. The first-order valence-electron chi connectivity index (χ1n) is 11.3. The van der Waals surface area contributed by atoms with Gasteiger partial charge in [-0.15, -0.1) is 0 Å². The quantitative estimate of drug-likeness (QED) is 0.182. The van der Waals surface area contributed by atoms with Crippen LogP contribution in [0.25, 0.3) is 0 Å². The Morgan fingerprint density at radius 1 is 0.833 bits per heavy atom. The molecule has 0 spiro atoms. The van der Waals surface area contributed by atoms with E-state index in [1.54, 1.807) is 6.92 Å². The van der Waals surface area contributed by atoms with Gasteiger partial charge in [-0.25, -0.2) is 4.79 Å². The zero-order valence-corrected chi connectivity index (χ0v) is 18.9. The van der Waals surface area contributed by atoms with Crippen LogP contribution in [0.5, 0.6) is 0 Å². The van der Waals surface area contributed by atoms with Crippen LogP contribution in [0, 0.1) is 0 Å². The molecule has 0 radical (unpaired) electrons. The monoisotopic (exact) mass is 419 g/mol. The van der Waals surface area contributed by atoms with Crippen LogP contribution in [0.15, 0.2) is 48.6 Å². The highest BCUT2D eigenvalue weighted by Gasteiger charge is 2.20. The third-order valence-corrected chi connectivity index (χ3v) is 4.32. The molecule has 5 heteroatoms. The first-order valence-corrected chi connectivity index (χ1v) is 11.3. The van der Waals surface area contributed by atoms with Crippen LogP contribution in [-0.2, 0) is 14.3 Å². The molecule has 0 aromatic heterocycles. The highest BCUT2D eigenvalue weighted by Crippen LogP contribution is 2.03. The summed E-state index contributed by atoms with van der Waals surface area (Å²) in [6, 6.07) is -0.971. The molecule has 0 aliphatic rings. The number of aliphatic hydroxyl groups excluding tert-OH is 1.